The predicted octanol–water partition coefficient (Wildman–Crippen LogP) is 4.24. The van der Waals surface area contributed by atoms with E-state index in [1.807, 2.05) is 7.11 Å². The molecule has 19 heavy (non-hydrogen) atoms. The van der Waals surface area contributed by atoms with E-state index in [0.717, 1.165) is 25.0 Å². The lowest BCUT2D eigenvalue weighted by Gasteiger charge is -2.36. The van der Waals surface area contributed by atoms with Gasteiger partial charge in [0.15, 0.2) is 0 Å². The molecule has 0 aromatic heterocycles. The summed E-state index contributed by atoms with van der Waals surface area (Å²) in [5.74, 6) is 2.54. The van der Waals surface area contributed by atoms with Crippen molar-refractivity contribution in [2.24, 2.45) is 17.8 Å². The van der Waals surface area contributed by atoms with Crippen LogP contribution in [0.25, 0.3) is 0 Å². The highest BCUT2D eigenvalue weighted by atomic mass is 16.5. The molecular formula is C17H35NO. The molecule has 2 nitrogen and oxygen atoms in total. The molecule has 1 fully saturated rings. The number of methoxy groups -OCH3 is 1. The van der Waals surface area contributed by atoms with E-state index in [0.29, 0.717) is 12.0 Å². The Morgan fingerprint density at radius 1 is 1.26 bits per heavy atom. The first kappa shape index (κ1) is 17.0. The number of ether oxygens (including phenoxy) is 1. The Morgan fingerprint density at radius 3 is 2.68 bits per heavy atom. The fourth-order valence-corrected chi connectivity index (χ4v) is 3.63. The van der Waals surface area contributed by atoms with Crippen LogP contribution in [0.15, 0.2) is 0 Å². The second kappa shape index (κ2) is 9.77. The van der Waals surface area contributed by atoms with Gasteiger partial charge >= 0.3 is 0 Å². The molecule has 0 aromatic carbocycles. The van der Waals surface area contributed by atoms with Crippen molar-refractivity contribution in [3.8, 4) is 0 Å². The fraction of sp³-hybridized carbons (Fsp3) is 1.00. The average molecular weight is 269 g/mol. The minimum absolute atomic E-state index is 0.668. The van der Waals surface area contributed by atoms with E-state index < -0.39 is 0 Å². The van der Waals surface area contributed by atoms with Crippen LogP contribution < -0.4 is 5.32 Å². The van der Waals surface area contributed by atoms with E-state index in [4.69, 9.17) is 4.74 Å². The quantitative estimate of drug-likeness (QED) is 0.676. The minimum atomic E-state index is 0.668. The van der Waals surface area contributed by atoms with Crippen LogP contribution in [0, 0.1) is 17.8 Å². The Morgan fingerprint density at radius 2 is 2.05 bits per heavy atom. The van der Waals surface area contributed by atoms with E-state index in [2.05, 4.69) is 26.1 Å². The lowest BCUT2D eigenvalue weighted by Crippen LogP contribution is -2.40. The summed E-state index contributed by atoms with van der Waals surface area (Å²) in [5.41, 5.74) is 0. The smallest absolute Gasteiger partial charge is 0.0488 e. The number of nitrogens with one attached hydrogen (secondary N) is 1. The largest absolute Gasteiger partial charge is 0.384 e. The molecule has 0 radical (unpaired) electrons. The van der Waals surface area contributed by atoms with Crippen LogP contribution in [-0.2, 0) is 4.74 Å². The molecule has 0 aromatic rings. The Labute approximate surface area is 120 Å². The summed E-state index contributed by atoms with van der Waals surface area (Å²) in [6, 6.07) is 0.708. The summed E-state index contributed by atoms with van der Waals surface area (Å²) in [7, 11) is 1.82. The SMILES string of the molecule is CCCNC(CC(C)COC)C1CCCC(CC)C1. The van der Waals surface area contributed by atoms with Gasteiger partial charge in [0.1, 0.15) is 0 Å². The summed E-state index contributed by atoms with van der Waals surface area (Å²) >= 11 is 0. The normalized spacial score (nSPS) is 27.2. The van der Waals surface area contributed by atoms with Crippen LogP contribution in [0.2, 0.25) is 0 Å². The Balaban J connectivity index is 2.50. The summed E-state index contributed by atoms with van der Waals surface area (Å²) in [4.78, 5) is 0. The topological polar surface area (TPSA) is 21.3 Å². The highest BCUT2D eigenvalue weighted by Crippen LogP contribution is 2.34. The third-order valence-electron chi connectivity index (χ3n) is 4.73. The van der Waals surface area contributed by atoms with Crippen molar-refractivity contribution >= 4 is 0 Å². The van der Waals surface area contributed by atoms with Crippen LogP contribution >= 0.6 is 0 Å². The first-order valence-corrected chi connectivity index (χ1v) is 8.43. The van der Waals surface area contributed by atoms with Gasteiger partial charge in [0.25, 0.3) is 0 Å². The van der Waals surface area contributed by atoms with Gasteiger partial charge in [0.05, 0.1) is 0 Å². The first-order valence-electron chi connectivity index (χ1n) is 8.43. The molecule has 4 atom stereocenters. The van der Waals surface area contributed by atoms with Crippen molar-refractivity contribution in [2.45, 2.75) is 71.8 Å². The van der Waals surface area contributed by atoms with E-state index in [1.165, 1.54) is 44.9 Å². The standard InChI is InChI=1S/C17H35NO/c1-5-10-18-17(11-14(3)13-19-4)16-9-7-8-15(6-2)12-16/h14-18H,5-13H2,1-4H3. The number of rotatable bonds is 9. The Kier molecular flexibility index (Phi) is 8.72. The van der Waals surface area contributed by atoms with Gasteiger partial charge in [0.2, 0.25) is 0 Å². The van der Waals surface area contributed by atoms with Crippen molar-refractivity contribution in [1.29, 1.82) is 0 Å². The zero-order valence-corrected chi connectivity index (χ0v) is 13.6. The minimum Gasteiger partial charge on any atom is -0.384 e. The second-order valence-electron chi connectivity index (χ2n) is 6.56. The maximum Gasteiger partial charge on any atom is 0.0488 e. The van der Waals surface area contributed by atoms with E-state index in [9.17, 15) is 0 Å². The molecule has 0 amide bonds. The van der Waals surface area contributed by atoms with Crippen molar-refractivity contribution in [1.82, 2.24) is 5.32 Å². The van der Waals surface area contributed by atoms with Gasteiger partial charge in [-0.25, -0.2) is 0 Å². The molecular weight excluding hydrogens is 234 g/mol. The summed E-state index contributed by atoms with van der Waals surface area (Å²) in [6.07, 6.45) is 9.64. The summed E-state index contributed by atoms with van der Waals surface area (Å²) in [5, 5.41) is 3.82. The van der Waals surface area contributed by atoms with Gasteiger partial charge in [-0.1, -0.05) is 40.0 Å². The molecule has 2 heteroatoms. The Hall–Kier alpha value is -0.0800. The van der Waals surface area contributed by atoms with Crippen LogP contribution in [0.4, 0.5) is 0 Å². The number of hydrogen-bond acceptors (Lipinski definition) is 2. The molecule has 0 heterocycles. The summed E-state index contributed by atoms with van der Waals surface area (Å²) in [6.45, 7) is 9.00. The molecule has 0 saturated heterocycles. The van der Waals surface area contributed by atoms with Gasteiger partial charge in [-0.2, -0.15) is 0 Å². The molecule has 1 aliphatic carbocycles. The van der Waals surface area contributed by atoms with Gasteiger partial charge in [-0.05, 0) is 50.0 Å². The molecule has 1 aliphatic rings. The van der Waals surface area contributed by atoms with Crippen LogP contribution in [0.5, 0.6) is 0 Å². The Bertz CT molecular complexity index is 219. The molecule has 0 bridgehead atoms. The zero-order valence-electron chi connectivity index (χ0n) is 13.6. The van der Waals surface area contributed by atoms with Crippen molar-refractivity contribution < 1.29 is 4.74 Å². The highest BCUT2D eigenvalue weighted by Gasteiger charge is 2.28. The third kappa shape index (κ3) is 6.27. The van der Waals surface area contributed by atoms with Gasteiger partial charge in [-0.15, -0.1) is 0 Å². The van der Waals surface area contributed by atoms with Crippen molar-refractivity contribution in [3.63, 3.8) is 0 Å². The van der Waals surface area contributed by atoms with Crippen LogP contribution in [-0.4, -0.2) is 26.3 Å². The van der Waals surface area contributed by atoms with Gasteiger partial charge < -0.3 is 10.1 Å². The molecule has 1 saturated carbocycles. The van der Waals surface area contributed by atoms with Crippen LogP contribution in [0.1, 0.15) is 65.7 Å². The lowest BCUT2D eigenvalue weighted by atomic mass is 9.75. The van der Waals surface area contributed by atoms with Gasteiger partial charge in [0, 0.05) is 19.8 Å². The van der Waals surface area contributed by atoms with Crippen molar-refractivity contribution in [3.05, 3.63) is 0 Å². The zero-order chi connectivity index (χ0) is 14.1. The predicted molar refractivity (Wildman–Crippen MR) is 83.5 cm³/mol. The van der Waals surface area contributed by atoms with Gasteiger partial charge in [-0.3, -0.25) is 0 Å². The highest BCUT2D eigenvalue weighted by molar-refractivity contribution is 4.83. The molecule has 4 unspecified atom stereocenters. The van der Waals surface area contributed by atoms with E-state index in [1.54, 1.807) is 0 Å². The van der Waals surface area contributed by atoms with E-state index in [-0.39, 0.29) is 0 Å². The maximum absolute atomic E-state index is 5.31. The van der Waals surface area contributed by atoms with Crippen LogP contribution in [0.3, 0.4) is 0 Å². The van der Waals surface area contributed by atoms with E-state index >= 15 is 0 Å². The monoisotopic (exact) mass is 269 g/mol. The lowest BCUT2D eigenvalue weighted by molar-refractivity contribution is 0.130. The molecule has 114 valence electrons. The first-order chi connectivity index (χ1) is 9.21. The molecule has 0 spiro atoms. The number of hydrogen-bond donors (Lipinski definition) is 1. The third-order valence-corrected chi connectivity index (χ3v) is 4.73. The summed E-state index contributed by atoms with van der Waals surface area (Å²) < 4.78 is 5.31. The van der Waals surface area contributed by atoms with Crippen molar-refractivity contribution in [2.75, 3.05) is 20.3 Å². The molecule has 1 N–H and O–H groups in total. The average Bonchev–Trinajstić information content (AvgIpc) is 2.43. The molecule has 0 aliphatic heterocycles. The second-order valence-corrected chi connectivity index (χ2v) is 6.56. The fourth-order valence-electron chi connectivity index (χ4n) is 3.63. The maximum atomic E-state index is 5.31. The molecule has 1 rings (SSSR count).